The highest BCUT2D eigenvalue weighted by Gasteiger charge is 2.67. The van der Waals surface area contributed by atoms with Crippen LogP contribution in [0.15, 0.2) is 30.3 Å². The Morgan fingerprint density at radius 3 is 2.41 bits per heavy atom. The molecule has 0 aromatic heterocycles. The zero-order chi connectivity index (χ0) is 23.3. The molecule has 0 N–H and O–H groups in total. The Morgan fingerprint density at radius 1 is 1.12 bits per heavy atom. The molecule has 0 aliphatic carbocycles. The topological polar surface area (TPSA) is 94.6 Å². The predicted molar refractivity (Wildman–Crippen MR) is 115 cm³/mol. The van der Waals surface area contributed by atoms with Crippen molar-refractivity contribution in [1.82, 2.24) is 9.80 Å². The van der Waals surface area contributed by atoms with Crippen molar-refractivity contribution in [2.24, 2.45) is 11.8 Å². The predicted octanol–water partition coefficient (Wildman–Crippen LogP) is 1.70. The Kier molecular flexibility index (Phi) is 7.86. The van der Waals surface area contributed by atoms with Gasteiger partial charge in [-0.15, -0.1) is 0 Å². The number of ether oxygens (including phenoxy) is 4. The third-order valence-corrected chi connectivity index (χ3v) is 6.60. The minimum Gasteiger partial charge on any atom is -0.453 e. The van der Waals surface area contributed by atoms with Crippen LogP contribution in [0.2, 0.25) is 0 Å². The van der Waals surface area contributed by atoms with Crippen LogP contribution < -0.4 is 0 Å². The molecule has 0 spiro atoms. The molecular formula is C23H32N2O7. The van der Waals surface area contributed by atoms with E-state index in [1.54, 1.807) is 4.90 Å². The summed E-state index contributed by atoms with van der Waals surface area (Å²) in [7, 11) is 5.73. The van der Waals surface area contributed by atoms with E-state index in [4.69, 9.17) is 18.9 Å². The van der Waals surface area contributed by atoms with Gasteiger partial charge in [0.15, 0.2) is 17.6 Å². The molecule has 0 radical (unpaired) electrons. The van der Waals surface area contributed by atoms with Gasteiger partial charge in [0, 0.05) is 53.3 Å². The van der Waals surface area contributed by atoms with Crippen molar-refractivity contribution in [1.29, 1.82) is 0 Å². The van der Waals surface area contributed by atoms with Crippen molar-refractivity contribution in [2.45, 2.75) is 31.2 Å². The first-order valence-corrected chi connectivity index (χ1v) is 10.7. The van der Waals surface area contributed by atoms with Crippen molar-refractivity contribution in [2.75, 3.05) is 48.1 Å². The number of piperidine rings is 1. The van der Waals surface area contributed by atoms with Gasteiger partial charge in [-0.05, 0) is 17.9 Å². The minimum absolute atomic E-state index is 0.178. The van der Waals surface area contributed by atoms with Gasteiger partial charge in [-0.2, -0.15) is 0 Å². The van der Waals surface area contributed by atoms with Gasteiger partial charge in [-0.25, -0.2) is 4.79 Å². The van der Waals surface area contributed by atoms with E-state index in [1.807, 2.05) is 30.3 Å². The normalized spacial score (nSPS) is 25.2. The molecule has 9 nitrogen and oxygen atoms in total. The van der Waals surface area contributed by atoms with Gasteiger partial charge >= 0.3 is 6.09 Å². The van der Waals surface area contributed by atoms with Crippen molar-refractivity contribution in [3.05, 3.63) is 35.9 Å². The van der Waals surface area contributed by atoms with E-state index in [-0.39, 0.29) is 25.0 Å². The van der Waals surface area contributed by atoms with E-state index < -0.39 is 29.6 Å². The summed E-state index contributed by atoms with van der Waals surface area (Å²) in [6, 6.07) is 9.57. The second-order valence-corrected chi connectivity index (χ2v) is 8.21. The number of ketones is 1. The summed E-state index contributed by atoms with van der Waals surface area (Å²) in [5, 5.41) is 0. The molecule has 2 amide bonds. The van der Waals surface area contributed by atoms with Crippen LogP contribution >= 0.6 is 0 Å². The molecule has 0 saturated carbocycles. The van der Waals surface area contributed by atoms with Gasteiger partial charge in [0.1, 0.15) is 6.61 Å². The summed E-state index contributed by atoms with van der Waals surface area (Å²) < 4.78 is 20.9. The Morgan fingerprint density at radius 2 is 1.81 bits per heavy atom. The molecule has 32 heavy (non-hydrogen) atoms. The lowest BCUT2D eigenvalue weighted by Gasteiger charge is -2.46. The molecule has 2 heterocycles. The van der Waals surface area contributed by atoms with Gasteiger partial charge in [-0.1, -0.05) is 30.3 Å². The number of benzene rings is 1. The van der Waals surface area contributed by atoms with Crippen LogP contribution in [0.1, 0.15) is 18.4 Å². The van der Waals surface area contributed by atoms with Crippen LogP contribution in [0.4, 0.5) is 4.79 Å². The molecule has 2 saturated heterocycles. The number of likely N-dealkylation sites (tertiary alicyclic amines) is 2. The second-order valence-electron chi connectivity index (χ2n) is 8.21. The maximum atomic E-state index is 14.0. The van der Waals surface area contributed by atoms with Crippen LogP contribution in [0.25, 0.3) is 0 Å². The third-order valence-electron chi connectivity index (χ3n) is 6.60. The summed E-state index contributed by atoms with van der Waals surface area (Å²) >= 11 is 0. The average Bonchev–Trinajstić information content (AvgIpc) is 3.15. The number of carbonyl (C=O) groups excluding carboxylic acids is 3. The lowest BCUT2D eigenvalue weighted by Crippen LogP contribution is -2.69. The van der Waals surface area contributed by atoms with Crippen LogP contribution in [0, 0.1) is 11.8 Å². The zero-order valence-electron chi connectivity index (χ0n) is 19.1. The summed E-state index contributed by atoms with van der Waals surface area (Å²) in [5.74, 6) is -1.40. The summed E-state index contributed by atoms with van der Waals surface area (Å²) in [6.07, 6.45) is -0.209. The number of Topliss-reactive ketones (excluding diaryl/α,β-unsaturated/α-hetero) is 1. The van der Waals surface area contributed by atoms with Gasteiger partial charge in [0.2, 0.25) is 0 Å². The van der Waals surface area contributed by atoms with Crippen LogP contribution in [-0.4, -0.2) is 87.5 Å². The Balaban J connectivity index is 2.03. The number of carbonyl (C=O) groups is 3. The first-order valence-electron chi connectivity index (χ1n) is 10.7. The highest BCUT2D eigenvalue weighted by molar-refractivity contribution is 6.14. The minimum atomic E-state index is -1.67. The fourth-order valence-electron chi connectivity index (χ4n) is 5.18. The standard InChI is InChI=1S/C23H32N2O7/c1-29-15-19(26)23-18(10-11-24(21(23)27)13-16-8-6-5-7-9-16)17(12-20(30-2)31-3)14-25(23)22(28)32-4/h5-9,17-18,20H,10-15H2,1-4H3/t17-,18-,23-/m1/s1. The maximum Gasteiger partial charge on any atom is 0.410 e. The molecule has 2 aliphatic rings. The molecule has 2 aliphatic heterocycles. The van der Waals surface area contributed by atoms with Gasteiger partial charge in [-0.3, -0.25) is 14.5 Å². The molecular weight excluding hydrogens is 416 g/mol. The highest BCUT2D eigenvalue weighted by Crippen LogP contribution is 2.48. The van der Waals surface area contributed by atoms with E-state index in [2.05, 4.69) is 0 Å². The van der Waals surface area contributed by atoms with Crippen LogP contribution in [0.5, 0.6) is 0 Å². The summed E-state index contributed by atoms with van der Waals surface area (Å²) in [5.41, 5.74) is -0.723. The van der Waals surface area contributed by atoms with E-state index >= 15 is 0 Å². The number of methoxy groups -OCH3 is 4. The van der Waals surface area contributed by atoms with Gasteiger partial charge < -0.3 is 23.8 Å². The Hall–Kier alpha value is -2.49. The van der Waals surface area contributed by atoms with E-state index in [1.165, 1.54) is 33.3 Å². The highest BCUT2D eigenvalue weighted by atomic mass is 16.7. The molecule has 9 heteroatoms. The first-order chi connectivity index (χ1) is 15.4. The van der Waals surface area contributed by atoms with E-state index in [9.17, 15) is 14.4 Å². The average molecular weight is 449 g/mol. The Labute approximate surface area is 188 Å². The van der Waals surface area contributed by atoms with Crippen molar-refractivity contribution < 1.29 is 33.3 Å². The third kappa shape index (κ3) is 4.24. The largest absolute Gasteiger partial charge is 0.453 e. The molecule has 3 atom stereocenters. The molecule has 2 fully saturated rings. The van der Waals surface area contributed by atoms with Gasteiger partial charge in [0.05, 0.1) is 7.11 Å². The van der Waals surface area contributed by atoms with E-state index in [0.29, 0.717) is 25.9 Å². The van der Waals surface area contributed by atoms with Crippen LogP contribution in [0.3, 0.4) is 0 Å². The number of hydrogen-bond donors (Lipinski definition) is 0. The fraction of sp³-hybridized carbons (Fsp3) is 0.609. The molecule has 176 valence electrons. The van der Waals surface area contributed by atoms with Crippen molar-refractivity contribution in [3.63, 3.8) is 0 Å². The van der Waals surface area contributed by atoms with Crippen molar-refractivity contribution >= 4 is 17.8 Å². The molecule has 0 unspecified atom stereocenters. The molecule has 0 bridgehead atoms. The number of fused-ring (bicyclic) bond motifs is 1. The first kappa shape index (κ1) is 24.2. The number of nitrogens with zero attached hydrogens (tertiary/aromatic N) is 2. The Bertz CT molecular complexity index is 814. The quantitative estimate of drug-likeness (QED) is 0.419. The molecule has 1 aromatic rings. The number of rotatable bonds is 9. The maximum absolute atomic E-state index is 14.0. The molecule has 1 aromatic carbocycles. The molecule has 3 rings (SSSR count). The van der Waals surface area contributed by atoms with Crippen LogP contribution in [-0.2, 0) is 35.1 Å². The van der Waals surface area contributed by atoms with E-state index in [0.717, 1.165) is 5.56 Å². The number of hydrogen-bond acceptors (Lipinski definition) is 7. The SMILES string of the molecule is COCC(=O)[C@@]12C(=O)N(Cc3ccccc3)CC[C@@H]1[C@H](CC(OC)OC)CN2C(=O)OC. The smallest absolute Gasteiger partial charge is 0.410 e. The number of amides is 2. The monoisotopic (exact) mass is 448 g/mol. The lowest BCUT2D eigenvalue weighted by molar-refractivity contribution is -0.160. The lowest BCUT2D eigenvalue weighted by atomic mass is 9.70. The zero-order valence-corrected chi connectivity index (χ0v) is 19.1. The second kappa shape index (κ2) is 10.4. The van der Waals surface area contributed by atoms with Gasteiger partial charge in [0.25, 0.3) is 5.91 Å². The summed E-state index contributed by atoms with van der Waals surface area (Å²) in [6.45, 7) is 0.754. The van der Waals surface area contributed by atoms with Crippen molar-refractivity contribution in [3.8, 4) is 0 Å². The fourth-order valence-corrected chi connectivity index (χ4v) is 5.18. The summed E-state index contributed by atoms with van der Waals surface area (Å²) in [4.78, 5) is 43.3.